The van der Waals surface area contributed by atoms with Crippen LogP contribution in [0.5, 0.6) is 0 Å². The molecule has 0 aliphatic carbocycles. The van der Waals surface area contributed by atoms with Crippen LogP contribution < -0.4 is 5.32 Å². The Hall–Kier alpha value is -0.750. The van der Waals surface area contributed by atoms with Gasteiger partial charge in [0.15, 0.2) is 0 Å². The molecule has 0 aliphatic rings. The molecule has 0 aromatic rings. The number of hydrogen-bond donors (Lipinski definition) is 1. The molecule has 0 bridgehead atoms. The van der Waals surface area contributed by atoms with Crippen LogP contribution in [0.2, 0.25) is 0 Å². The summed E-state index contributed by atoms with van der Waals surface area (Å²) in [5.74, 6) is 1.53. The van der Waals surface area contributed by atoms with Crippen molar-refractivity contribution >= 4 is 5.94 Å². The number of hydrogen-bond acceptors (Lipinski definition) is 2. The average Bonchev–Trinajstić information content (AvgIpc) is 1.41. The minimum absolute atomic E-state index is 1.19. The summed E-state index contributed by atoms with van der Waals surface area (Å²) in [4.78, 5) is 9.16. The van der Waals surface area contributed by atoms with Crippen molar-refractivity contribution in [1.29, 1.82) is 0 Å². The van der Waals surface area contributed by atoms with Crippen LogP contribution in [-0.4, -0.2) is 13.0 Å². The Bertz CT molecular complexity index is 53.9. The van der Waals surface area contributed by atoms with E-state index >= 15 is 0 Å². The summed E-state index contributed by atoms with van der Waals surface area (Å²) in [6.45, 7) is 0. The highest BCUT2D eigenvalue weighted by molar-refractivity contribution is 5.43. The summed E-state index contributed by atoms with van der Waals surface area (Å²) in [6, 6.07) is 0. The summed E-state index contributed by atoms with van der Waals surface area (Å²) >= 11 is 0. The van der Waals surface area contributed by atoms with Crippen LogP contribution in [-0.2, 0) is 4.79 Å². The van der Waals surface area contributed by atoms with Crippen molar-refractivity contribution in [1.82, 2.24) is 5.32 Å². The molecule has 2 heteroatoms. The summed E-state index contributed by atoms with van der Waals surface area (Å²) in [5.41, 5.74) is 0. The molecule has 28 valence electrons. The lowest BCUT2D eigenvalue weighted by atomic mass is 11.0. The molecule has 0 heterocycles. The Labute approximate surface area is 30.5 Å². The van der Waals surface area contributed by atoms with Gasteiger partial charge in [-0.1, -0.05) is 0 Å². The second kappa shape index (κ2) is 3.25. The van der Waals surface area contributed by atoms with E-state index in [4.69, 9.17) is 4.79 Å². The van der Waals surface area contributed by atoms with Crippen molar-refractivity contribution in [3.05, 3.63) is 6.20 Å². The maximum Gasteiger partial charge on any atom is 0.141 e. The SMILES string of the molecule is CNC=C=O. The number of rotatable bonds is 1. The van der Waals surface area contributed by atoms with Gasteiger partial charge in [0.05, 0.1) is 6.20 Å². The Morgan fingerprint density at radius 3 is 2.60 bits per heavy atom. The molecule has 0 aromatic heterocycles. The third kappa shape index (κ3) is 3.25. The first-order valence-corrected chi connectivity index (χ1v) is 1.28. The van der Waals surface area contributed by atoms with Gasteiger partial charge in [0.2, 0.25) is 0 Å². The van der Waals surface area contributed by atoms with Crippen LogP contribution in [0.4, 0.5) is 0 Å². The van der Waals surface area contributed by atoms with Crippen molar-refractivity contribution in [3.8, 4) is 0 Å². The van der Waals surface area contributed by atoms with Gasteiger partial charge in [-0.3, -0.25) is 0 Å². The van der Waals surface area contributed by atoms with E-state index in [1.165, 1.54) is 12.1 Å². The van der Waals surface area contributed by atoms with Crippen molar-refractivity contribution in [3.63, 3.8) is 0 Å². The van der Waals surface area contributed by atoms with Crippen molar-refractivity contribution in [2.24, 2.45) is 0 Å². The monoisotopic (exact) mass is 71.0 g/mol. The van der Waals surface area contributed by atoms with Gasteiger partial charge in [-0.2, -0.15) is 0 Å². The zero-order valence-electron chi connectivity index (χ0n) is 2.99. The first kappa shape index (κ1) is 4.25. The van der Waals surface area contributed by atoms with Gasteiger partial charge in [-0.05, 0) is 0 Å². The maximum absolute atomic E-state index is 9.16. The molecular weight excluding hydrogens is 66.0 g/mol. The van der Waals surface area contributed by atoms with Gasteiger partial charge < -0.3 is 5.32 Å². The van der Waals surface area contributed by atoms with Gasteiger partial charge in [0.1, 0.15) is 5.94 Å². The molecule has 0 rings (SSSR count). The molecule has 0 radical (unpaired) electrons. The smallest absolute Gasteiger partial charge is 0.141 e. The summed E-state index contributed by atoms with van der Waals surface area (Å²) < 4.78 is 0. The van der Waals surface area contributed by atoms with E-state index in [-0.39, 0.29) is 0 Å². The largest absolute Gasteiger partial charge is 0.385 e. The quantitative estimate of drug-likeness (QED) is 0.424. The zero-order valence-corrected chi connectivity index (χ0v) is 2.99. The normalized spacial score (nSPS) is 5.00. The maximum atomic E-state index is 9.16. The van der Waals surface area contributed by atoms with Crippen molar-refractivity contribution < 1.29 is 4.79 Å². The van der Waals surface area contributed by atoms with Gasteiger partial charge >= 0.3 is 0 Å². The standard InChI is InChI=1S/C3H5NO/c1-4-2-3-5/h2,4H,1H3. The Morgan fingerprint density at radius 2 is 2.60 bits per heavy atom. The van der Waals surface area contributed by atoms with Crippen LogP contribution in [0.25, 0.3) is 0 Å². The lowest BCUT2D eigenvalue weighted by Crippen LogP contribution is -1.90. The third-order valence-corrected chi connectivity index (χ3v) is 0.203. The molecule has 0 aliphatic heterocycles. The predicted molar refractivity (Wildman–Crippen MR) is 19.3 cm³/mol. The Kier molecular flexibility index (Phi) is 2.76. The zero-order chi connectivity index (χ0) is 4.12. The predicted octanol–water partition coefficient (Wildman–Crippen LogP) is -0.449. The van der Waals surface area contributed by atoms with E-state index in [0.717, 1.165) is 0 Å². The average molecular weight is 71.1 g/mol. The molecule has 1 N–H and O–H groups in total. The third-order valence-electron chi connectivity index (χ3n) is 0.203. The van der Waals surface area contributed by atoms with E-state index in [0.29, 0.717) is 0 Å². The lowest BCUT2D eigenvalue weighted by Gasteiger charge is -1.68. The van der Waals surface area contributed by atoms with Crippen LogP contribution in [0.3, 0.4) is 0 Å². The van der Waals surface area contributed by atoms with Gasteiger partial charge in [0, 0.05) is 7.05 Å². The van der Waals surface area contributed by atoms with Gasteiger partial charge in [-0.15, -0.1) is 0 Å². The van der Waals surface area contributed by atoms with E-state index in [9.17, 15) is 0 Å². The fourth-order valence-corrected chi connectivity index (χ4v) is 0.0589. The molecule has 0 fully saturated rings. The summed E-state index contributed by atoms with van der Waals surface area (Å²) in [7, 11) is 1.64. The molecule has 0 spiro atoms. The molecule has 2 nitrogen and oxygen atoms in total. The second-order valence-corrected chi connectivity index (χ2v) is 0.551. The fourth-order valence-electron chi connectivity index (χ4n) is 0.0589. The molecule has 0 unspecified atom stereocenters. The molecule has 0 saturated carbocycles. The molecular formula is C3H5NO. The highest BCUT2D eigenvalue weighted by atomic mass is 16.1. The highest BCUT2D eigenvalue weighted by Crippen LogP contribution is 1.30. The second-order valence-electron chi connectivity index (χ2n) is 0.551. The molecule has 0 saturated heterocycles. The first-order valence-electron chi connectivity index (χ1n) is 1.28. The molecule has 0 atom stereocenters. The van der Waals surface area contributed by atoms with E-state index in [1.54, 1.807) is 7.05 Å². The van der Waals surface area contributed by atoms with Crippen LogP contribution in [0.1, 0.15) is 0 Å². The van der Waals surface area contributed by atoms with Crippen LogP contribution in [0, 0.1) is 0 Å². The summed E-state index contributed by atoms with van der Waals surface area (Å²) in [6.07, 6.45) is 1.19. The number of nitrogens with one attached hydrogen (secondary N) is 1. The minimum Gasteiger partial charge on any atom is -0.385 e. The molecule has 5 heavy (non-hydrogen) atoms. The van der Waals surface area contributed by atoms with Crippen molar-refractivity contribution in [2.75, 3.05) is 7.05 Å². The Morgan fingerprint density at radius 1 is 2.00 bits per heavy atom. The molecule has 0 amide bonds. The van der Waals surface area contributed by atoms with Crippen LogP contribution >= 0.6 is 0 Å². The van der Waals surface area contributed by atoms with Crippen LogP contribution in [0.15, 0.2) is 6.20 Å². The van der Waals surface area contributed by atoms with Gasteiger partial charge in [0.25, 0.3) is 0 Å². The van der Waals surface area contributed by atoms with Gasteiger partial charge in [-0.25, -0.2) is 4.79 Å². The summed E-state index contributed by atoms with van der Waals surface area (Å²) in [5, 5.41) is 2.47. The molecule has 0 aromatic carbocycles. The first-order chi connectivity index (χ1) is 2.41. The van der Waals surface area contributed by atoms with Crippen molar-refractivity contribution in [2.45, 2.75) is 0 Å². The fraction of sp³-hybridized carbons (Fsp3) is 0.333. The highest BCUT2D eigenvalue weighted by Gasteiger charge is 1.45. The van der Waals surface area contributed by atoms with E-state index in [2.05, 4.69) is 5.32 Å². The topological polar surface area (TPSA) is 29.1 Å². The van der Waals surface area contributed by atoms with E-state index < -0.39 is 0 Å². The Balaban J connectivity index is 2.93. The lowest BCUT2D eigenvalue weighted by molar-refractivity contribution is 0.567. The van der Waals surface area contributed by atoms with E-state index in [1.807, 2.05) is 0 Å². The number of carbonyl (C=O) groups excluding carboxylic acids is 1. The minimum atomic E-state index is 1.19.